The minimum absolute atomic E-state index is 0.0164. The van der Waals surface area contributed by atoms with Gasteiger partial charge < -0.3 is 15.4 Å². The van der Waals surface area contributed by atoms with Gasteiger partial charge in [0.2, 0.25) is 5.91 Å². The molecule has 2 rings (SSSR count). The number of carbonyl (C=O) groups is 2. The summed E-state index contributed by atoms with van der Waals surface area (Å²) in [6.45, 7) is 2.51. The minimum Gasteiger partial charge on any atom is -0.494 e. The fourth-order valence-electron chi connectivity index (χ4n) is 2.66. The van der Waals surface area contributed by atoms with Gasteiger partial charge in [-0.3, -0.25) is 9.59 Å². The highest BCUT2D eigenvalue weighted by molar-refractivity contribution is 5.96. The second-order valence-electron chi connectivity index (χ2n) is 5.54. The van der Waals surface area contributed by atoms with Gasteiger partial charge in [-0.1, -0.05) is 19.3 Å². The van der Waals surface area contributed by atoms with E-state index in [0.717, 1.165) is 18.6 Å². The molecular formula is C17H24N2O3. The van der Waals surface area contributed by atoms with Crippen LogP contribution < -0.4 is 15.4 Å². The predicted octanol–water partition coefficient (Wildman–Crippen LogP) is 2.26. The molecule has 5 nitrogen and oxygen atoms in total. The first-order valence-electron chi connectivity index (χ1n) is 7.99. The van der Waals surface area contributed by atoms with E-state index in [-0.39, 0.29) is 24.4 Å². The molecule has 1 fully saturated rings. The SMILES string of the molecule is CCOc1ccc(C(=O)NCC(=O)NC2CCCCC2)cc1. The zero-order valence-electron chi connectivity index (χ0n) is 13.1. The van der Waals surface area contributed by atoms with Crippen LogP contribution in [0, 0.1) is 0 Å². The maximum atomic E-state index is 12.0. The number of ether oxygens (including phenoxy) is 1. The molecule has 0 unspecified atom stereocenters. The molecule has 120 valence electrons. The van der Waals surface area contributed by atoms with Gasteiger partial charge in [-0.15, -0.1) is 0 Å². The average Bonchev–Trinajstić information content (AvgIpc) is 2.54. The summed E-state index contributed by atoms with van der Waals surface area (Å²) in [6, 6.07) is 7.16. The molecule has 0 spiro atoms. The van der Waals surface area contributed by atoms with Crippen molar-refractivity contribution in [1.29, 1.82) is 0 Å². The third kappa shape index (κ3) is 5.06. The number of hydrogen-bond acceptors (Lipinski definition) is 3. The molecular weight excluding hydrogens is 280 g/mol. The Labute approximate surface area is 131 Å². The van der Waals surface area contributed by atoms with E-state index in [4.69, 9.17) is 4.74 Å². The van der Waals surface area contributed by atoms with Crippen molar-refractivity contribution in [3.63, 3.8) is 0 Å². The first-order valence-corrected chi connectivity index (χ1v) is 7.99. The highest BCUT2D eigenvalue weighted by atomic mass is 16.5. The third-order valence-corrected chi connectivity index (χ3v) is 3.81. The van der Waals surface area contributed by atoms with Gasteiger partial charge in [-0.2, -0.15) is 0 Å². The van der Waals surface area contributed by atoms with Crippen molar-refractivity contribution in [2.45, 2.75) is 45.1 Å². The average molecular weight is 304 g/mol. The lowest BCUT2D eigenvalue weighted by Crippen LogP contribution is -2.42. The fraction of sp³-hybridized carbons (Fsp3) is 0.529. The molecule has 2 N–H and O–H groups in total. The second-order valence-corrected chi connectivity index (χ2v) is 5.54. The first-order chi connectivity index (χ1) is 10.7. The maximum absolute atomic E-state index is 12.0. The molecule has 1 saturated carbocycles. The Morgan fingerprint density at radius 3 is 2.45 bits per heavy atom. The van der Waals surface area contributed by atoms with Gasteiger partial charge in [-0.05, 0) is 44.0 Å². The number of rotatable bonds is 6. The number of nitrogens with one attached hydrogen (secondary N) is 2. The summed E-state index contributed by atoms with van der Waals surface area (Å²) in [5.41, 5.74) is 0.522. The zero-order valence-corrected chi connectivity index (χ0v) is 13.1. The molecule has 1 aromatic rings. The van der Waals surface area contributed by atoms with Gasteiger partial charge in [0.25, 0.3) is 5.91 Å². The predicted molar refractivity (Wildman–Crippen MR) is 85.0 cm³/mol. The Balaban J connectivity index is 1.75. The maximum Gasteiger partial charge on any atom is 0.251 e. The molecule has 0 radical (unpaired) electrons. The molecule has 1 aliphatic carbocycles. The highest BCUT2D eigenvalue weighted by Gasteiger charge is 2.16. The van der Waals surface area contributed by atoms with Crippen LogP contribution in [0.25, 0.3) is 0 Å². The summed E-state index contributed by atoms with van der Waals surface area (Å²) in [5.74, 6) is 0.363. The Morgan fingerprint density at radius 2 is 1.82 bits per heavy atom. The molecule has 0 atom stereocenters. The molecule has 0 aromatic heterocycles. The standard InChI is InChI=1S/C17H24N2O3/c1-2-22-15-10-8-13(9-11-15)17(21)18-12-16(20)19-14-6-4-3-5-7-14/h8-11,14H,2-7,12H2,1H3,(H,18,21)(H,19,20). The van der Waals surface area contributed by atoms with Crippen molar-refractivity contribution < 1.29 is 14.3 Å². The number of benzene rings is 1. The van der Waals surface area contributed by atoms with Crippen molar-refractivity contribution in [2.75, 3.05) is 13.2 Å². The summed E-state index contributed by atoms with van der Waals surface area (Å²) in [5, 5.41) is 5.63. The number of amides is 2. The van der Waals surface area contributed by atoms with E-state index >= 15 is 0 Å². The van der Waals surface area contributed by atoms with Crippen molar-refractivity contribution in [3.8, 4) is 5.75 Å². The lowest BCUT2D eigenvalue weighted by atomic mass is 9.95. The minimum atomic E-state index is -0.248. The molecule has 2 amide bonds. The van der Waals surface area contributed by atoms with Gasteiger partial charge in [0.1, 0.15) is 5.75 Å². The van der Waals surface area contributed by atoms with Crippen LogP contribution in [0.15, 0.2) is 24.3 Å². The van der Waals surface area contributed by atoms with Gasteiger partial charge in [0.05, 0.1) is 13.2 Å². The van der Waals surface area contributed by atoms with Crippen molar-refractivity contribution in [3.05, 3.63) is 29.8 Å². The Bertz CT molecular complexity index is 493. The van der Waals surface area contributed by atoms with E-state index in [1.54, 1.807) is 24.3 Å². The van der Waals surface area contributed by atoms with Crippen LogP contribution in [0.5, 0.6) is 5.75 Å². The second kappa shape index (κ2) is 8.41. The monoisotopic (exact) mass is 304 g/mol. The van der Waals surface area contributed by atoms with E-state index < -0.39 is 0 Å². The zero-order chi connectivity index (χ0) is 15.8. The third-order valence-electron chi connectivity index (χ3n) is 3.81. The van der Waals surface area contributed by atoms with Crippen LogP contribution in [0.1, 0.15) is 49.4 Å². The molecule has 1 aliphatic rings. The van der Waals surface area contributed by atoms with Gasteiger partial charge in [0, 0.05) is 11.6 Å². The molecule has 0 bridgehead atoms. The Kier molecular flexibility index (Phi) is 6.25. The Hall–Kier alpha value is -2.04. The van der Waals surface area contributed by atoms with Crippen molar-refractivity contribution in [2.24, 2.45) is 0 Å². The summed E-state index contributed by atoms with van der Waals surface area (Å²) in [6.07, 6.45) is 5.67. The summed E-state index contributed by atoms with van der Waals surface area (Å²) in [4.78, 5) is 23.8. The molecule has 22 heavy (non-hydrogen) atoms. The van der Waals surface area contributed by atoms with Crippen LogP contribution in [0.2, 0.25) is 0 Å². The first kappa shape index (κ1) is 16.3. The molecule has 0 heterocycles. The van der Waals surface area contributed by atoms with Crippen LogP contribution in [-0.2, 0) is 4.79 Å². The van der Waals surface area contributed by atoms with Crippen LogP contribution in [-0.4, -0.2) is 31.0 Å². The van der Waals surface area contributed by atoms with Gasteiger partial charge in [-0.25, -0.2) is 0 Å². The molecule has 5 heteroatoms. The largest absolute Gasteiger partial charge is 0.494 e. The molecule has 1 aromatic carbocycles. The normalized spacial score (nSPS) is 15.1. The van der Waals surface area contributed by atoms with E-state index in [9.17, 15) is 9.59 Å². The summed E-state index contributed by atoms with van der Waals surface area (Å²) in [7, 11) is 0. The lowest BCUT2D eigenvalue weighted by Gasteiger charge is -2.22. The van der Waals surface area contributed by atoms with Crippen LogP contribution in [0.3, 0.4) is 0 Å². The smallest absolute Gasteiger partial charge is 0.251 e. The molecule has 0 aliphatic heterocycles. The summed E-state index contributed by atoms with van der Waals surface area (Å²) < 4.78 is 5.33. The topological polar surface area (TPSA) is 67.4 Å². The van der Waals surface area contributed by atoms with Gasteiger partial charge >= 0.3 is 0 Å². The highest BCUT2D eigenvalue weighted by Crippen LogP contribution is 2.17. The van der Waals surface area contributed by atoms with Crippen LogP contribution in [0.4, 0.5) is 0 Å². The van der Waals surface area contributed by atoms with Crippen molar-refractivity contribution in [1.82, 2.24) is 10.6 Å². The van der Waals surface area contributed by atoms with Crippen LogP contribution >= 0.6 is 0 Å². The number of carbonyl (C=O) groups excluding carboxylic acids is 2. The quantitative estimate of drug-likeness (QED) is 0.847. The molecule has 0 saturated heterocycles. The lowest BCUT2D eigenvalue weighted by molar-refractivity contribution is -0.121. The van der Waals surface area contributed by atoms with Gasteiger partial charge in [0.15, 0.2) is 0 Å². The van der Waals surface area contributed by atoms with E-state index in [0.29, 0.717) is 12.2 Å². The van der Waals surface area contributed by atoms with E-state index in [1.165, 1.54) is 19.3 Å². The van der Waals surface area contributed by atoms with E-state index in [1.807, 2.05) is 6.92 Å². The number of hydrogen-bond donors (Lipinski definition) is 2. The summed E-state index contributed by atoms with van der Waals surface area (Å²) >= 11 is 0. The van der Waals surface area contributed by atoms with E-state index in [2.05, 4.69) is 10.6 Å². The van der Waals surface area contributed by atoms with Crippen molar-refractivity contribution >= 4 is 11.8 Å². The Morgan fingerprint density at radius 1 is 1.14 bits per heavy atom. The fourth-order valence-corrected chi connectivity index (χ4v) is 2.66.